The molecule has 0 radical (unpaired) electrons. The van der Waals surface area contributed by atoms with E-state index in [1.807, 2.05) is 0 Å². The monoisotopic (exact) mass is 355 g/mol. The van der Waals surface area contributed by atoms with Crippen molar-refractivity contribution in [3.05, 3.63) is 59.7 Å². The lowest BCUT2D eigenvalue weighted by molar-refractivity contribution is -0.136. The van der Waals surface area contributed by atoms with Crippen LogP contribution in [0.1, 0.15) is 11.1 Å². The summed E-state index contributed by atoms with van der Waals surface area (Å²) in [6, 6.07) is 10.6. The van der Waals surface area contributed by atoms with Gasteiger partial charge in [-0.2, -0.15) is 13.2 Å². The number of para-hydroxylation sites is 1. The summed E-state index contributed by atoms with van der Waals surface area (Å²) in [7, 11) is -1.96. The molecule has 0 bridgehead atoms. The maximum absolute atomic E-state index is 13.0. The van der Waals surface area contributed by atoms with Gasteiger partial charge in [0.25, 0.3) is 0 Å². The molecular formula is C14H12F3N5OS. The molecular weight excluding hydrogens is 343 g/mol. The zero-order valence-electron chi connectivity index (χ0n) is 12.0. The molecule has 2 aromatic rings. The van der Waals surface area contributed by atoms with Crippen LogP contribution in [-0.4, -0.2) is 10.0 Å². The molecule has 0 saturated carbocycles. The van der Waals surface area contributed by atoms with Crippen molar-refractivity contribution in [3.63, 3.8) is 0 Å². The topological polar surface area (TPSA) is 104 Å². The van der Waals surface area contributed by atoms with E-state index in [1.54, 1.807) is 0 Å². The van der Waals surface area contributed by atoms with Gasteiger partial charge in [0.1, 0.15) is 11.0 Å². The van der Waals surface area contributed by atoms with Crippen molar-refractivity contribution in [3.8, 4) is 0 Å². The minimum atomic E-state index is -4.57. The molecule has 4 N–H and O–H groups in total. The minimum absolute atomic E-state index is 0.182. The molecule has 0 amide bonds. The van der Waals surface area contributed by atoms with E-state index in [4.69, 9.17) is 11.3 Å². The first-order valence-corrected chi connectivity index (χ1v) is 7.62. The third kappa shape index (κ3) is 4.16. The summed E-state index contributed by atoms with van der Waals surface area (Å²) in [5, 5.41) is 13.9. The van der Waals surface area contributed by atoms with Gasteiger partial charge in [0, 0.05) is 5.56 Å². The molecule has 1 unspecified atom stereocenters. The number of halogens is 3. The average molecular weight is 355 g/mol. The maximum atomic E-state index is 13.0. The van der Waals surface area contributed by atoms with Crippen LogP contribution in [0.3, 0.4) is 0 Å². The third-order valence-corrected chi connectivity index (χ3v) is 4.00. The highest BCUT2D eigenvalue weighted by Crippen LogP contribution is 2.35. The van der Waals surface area contributed by atoms with Crippen molar-refractivity contribution in [1.29, 1.82) is 5.41 Å². The number of hydrogen-bond acceptors (Lipinski definition) is 3. The highest BCUT2D eigenvalue weighted by Gasteiger charge is 2.33. The summed E-state index contributed by atoms with van der Waals surface area (Å²) < 4.78 is 53.5. The number of alkyl halides is 3. The fourth-order valence-electron chi connectivity index (χ4n) is 1.85. The Bertz CT molecular complexity index is 807. The van der Waals surface area contributed by atoms with Gasteiger partial charge in [-0.1, -0.05) is 29.5 Å². The van der Waals surface area contributed by atoms with E-state index < -0.39 is 22.7 Å². The van der Waals surface area contributed by atoms with Crippen LogP contribution in [0.5, 0.6) is 0 Å². The second kappa shape index (κ2) is 7.21. The molecule has 126 valence electrons. The second-order valence-electron chi connectivity index (χ2n) is 4.51. The van der Waals surface area contributed by atoms with Crippen molar-refractivity contribution in [2.45, 2.75) is 11.1 Å². The molecule has 24 heavy (non-hydrogen) atoms. The van der Waals surface area contributed by atoms with Crippen LogP contribution in [0.15, 0.2) is 63.8 Å². The van der Waals surface area contributed by atoms with Crippen molar-refractivity contribution >= 4 is 22.5 Å². The smallest absolute Gasteiger partial charge is 0.305 e. The van der Waals surface area contributed by atoms with Gasteiger partial charge in [-0.3, -0.25) is 5.41 Å². The summed E-state index contributed by atoms with van der Waals surface area (Å²) in [4.78, 5) is 0.182. The summed E-state index contributed by atoms with van der Waals surface area (Å²) >= 11 is 0. The fourth-order valence-corrected chi connectivity index (χ4v) is 2.78. The molecule has 0 spiro atoms. The Morgan fingerprint density at radius 3 is 2.54 bits per heavy atom. The van der Waals surface area contributed by atoms with E-state index in [0.717, 1.165) is 6.07 Å². The van der Waals surface area contributed by atoms with Crippen molar-refractivity contribution in [1.82, 2.24) is 0 Å². The van der Waals surface area contributed by atoms with Crippen LogP contribution < -0.4 is 10.6 Å². The molecule has 2 aromatic carbocycles. The number of nitrogens with one attached hydrogen (secondary N) is 2. The quantitative estimate of drug-likeness (QED) is 0.257. The van der Waals surface area contributed by atoms with E-state index in [0.29, 0.717) is 0 Å². The number of nitrogens with two attached hydrogens (primary N) is 1. The van der Waals surface area contributed by atoms with Crippen LogP contribution in [0, 0.1) is 5.41 Å². The largest absolute Gasteiger partial charge is 0.418 e. The van der Waals surface area contributed by atoms with Gasteiger partial charge in [0.2, 0.25) is 0 Å². The van der Waals surface area contributed by atoms with Gasteiger partial charge in [-0.15, -0.1) is 5.11 Å². The van der Waals surface area contributed by atoms with Gasteiger partial charge < -0.3 is 10.6 Å². The molecule has 10 heteroatoms. The number of benzene rings is 2. The Morgan fingerprint density at radius 1 is 1.17 bits per heavy atom. The molecule has 0 aromatic heterocycles. The molecule has 0 aliphatic carbocycles. The van der Waals surface area contributed by atoms with Crippen molar-refractivity contribution in [2.75, 3.05) is 4.72 Å². The molecule has 2 rings (SSSR count). The summed E-state index contributed by atoms with van der Waals surface area (Å²) in [5.74, 6) is 4.61. The molecule has 0 heterocycles. The van der Waals surface area contributed by atoms with Gasteiger partial charge in [0.05, 0.1) is 16.1 Å². The van der Waals surface area contributed by atoms with Crippen LogP contribution in [0.25, 0.3) is 0 Å². The fraction of sp³-hybridized carbons (Fsp3) is 0.0714. The summed E-state index contributed by atoms with van der Waals surface area (Å²) in [6.07, 6.45) is -4.57. The molecule has 0 aliphatic rings. The highest BCUT2D eigenvalue weighted by molar-refractivity contribution is 7.86. The molecule has 0 fully saturated rings. The Labute approximate surface area is 137 Å². The van der Waals surface area contributed by atoms with E-state index in [-0.39, 0.29) is 22.0 Å². The average Bonchev–Trinajstić information content (AvgIpc) is 2.54. The standard InChI is InChI=1S/C14H12F3N5OS/c15-14(16,17)11-6-1-2-7-12(11)21-24(23)10-5-3-4-9(8-10)13(18)20-22-19/h1-8,21H,(H3,18,19,20). The Balaban J connectivity index is 2.29. The lowest BCUT2D eigenvalue weighted by Gasteiger charge is -2.14. The van der Waals surface area contributed by atoms with E-state index in [2.05, 4.69) is 15.1 Å². The van der Waals surface area contributed by atoms with Crippen LogP contribution in [-0.2, 0) is 17.2 Å². The van der Waals surface area contributed by atoms with Crippen molar-refractivity contribution < 1.29 is 17.4 Å². The van der Waals surface area contributed by atoms with E-state index >= 15 is 0 Å². The van der Waals surface area contributed by atoms with E-state index in [1.165, 1.54) is 42.5 Å². The Morgan fingerprint density at radius 2 is 1.88 bits per heavy atom. The Hall–Kier alpha value is -2.75. The first-order chi connectivity index (χ1) is 11.3. The van der Waals surface area contributed by atoms with Gasteiger partial charge in [-0.25, -0.2) is 4.21 Å². The first-order valence-electron chi connectivity index (χ1n) is 6.47. The molecule has 0 aliphatic heterocycles. The van der Waals surface area contributed by atoms with Crippen LogP contribution >= 0.6 is 0 Å². The normalized spacial score (nSPS) is 13.0. The lowest BCUT2D eigenvalue weighted by Crippen LogP contribution is -2.13. The predicted molar refractivity (Wildman–Crippen MR) is 83.8 cm³/mol. The number of hydrogen-bond donors (Lipinski definition) is 3. The third-order valence-electron chi connectivity index (χ3n) is 2.91. The van der Waals surface area contributed by atoms with Crippen molar-refractivity contribution in [2.24, 2.45) is 16.2 Å². The van der Waals surface area contributed by atoms with E-state index in [9.17, 15) is 17.4 Å². The highest BCUT2D eigenvalue weighted by atomic mass is 32.2. The lowest BCUT2D eigenvalue weighted by atomic mass is 10.2. The minimum Gasteiger partial charge on any atom is -0.305 e. The summed E-state index contributed by atoms with van der Waals surface area (Å²) in [5.41, 5.74) is -0.939. The SMILES string of the molecule is N=C(N=NN)c1cccc(S(=O)Nc2ccccc2C(F)(F)F)c1. The predicted octanol–water partition coefficient (Wildman–Crippen LogP) is 3.49. The number of nitrogens with zero attached hydrogens (tertiary/aromatic N) is 2. The summed E-state index contributed by atoms with van der Waals surface area (Å²) in [6.45, 7) is 0. The zero-order chi connectivity index (χ0) is 17.7. The number of rotatable bonds is 4. The second-order valence-corrected chi connectivity index (χ2v) is 5.72. The van der Waals surface area contributed by atoms with Crippen LogP contribution in [0.4, 0.5) is 18.9 Å². The first kappa shape index (κ1) is 17.6. The molecule has 6 nitrogen and oxygen atoms in total. The Kier molecular flexibility index (Phi) is 5.29. The molecule has 1 atom stereocenters. The maximum Gasteiger partial charge on any atom is 0.418 e. The van der Waals surface area contributed by atoms with Gasteiger partial charge >= 0.3 is 6.18 Å². The van der Waals surface area contributed by atoms with Crippen LogP contribution in [0.2, 0.25) is 0 Å². The molecule has 0 saturated heterocycles. The number of amidine groups is 1. The number of anilines is 1. The zero-order valence-corrected chi connectivity index (χ0v) is 12.9. The van der Waals surface area contributed by atoms with Gasteiger partial charge in [0.15, 0.2) is 5.84 Å². The van der Waals surface area contributed by atoms with Gasteiger partial charge in [-0.05, 0) is 24.3 Å².